The van der Waals surface area contributed by atoms with Crippen LogP contribution in [0.4, 0.5) is 10.5 Å². The summed E-state index contributed by atoms with van der Waals surface area (Å²) in [5.41, 5.74) is 0.660. The number of hydrogen-bond donors (Lipinski definition) is 2. The zero-order valence-electron chi connectivity index (χ0n) is 13.0. The number of methoxy groups -OCH3 is 1. The molecule has 0 saturated heterocycles. The van der Waals surface area contributed by atoms with Gasteiger partial charge in [0, 0.05) is 5.02 Å². The highest BCUT2D eigenvalue weighted by Gasteiger charge is 2.12. The maximum atomic E-state index is 11.9. The molecule has 0 aliphatic heterocycles. The lowest BCUT2D eigenvalue weighted by molar-refractivity contribution is 0.0602. The number of hydrogen-bond acceptors (Lipinski definition) is 4. The van der Waals surface area contributed by atoms with Crippen LogP contribution in [-0.4, -0.2) is 32.3 Å². The van der Waals surface area contributed by atoms with Crippen LogP contribution in [0.25, 0.3) is 0 Å². The van der Waals surface area contributed by atoms with Gasteiger partial charge in [0.1, 0.15) is 12.4 Å². The van der Waals surface area contributed by atoms with E-state index in [4.69, 9.17) is 16.3 Å². The summed E-state index contributed by atoms with van der Waals surface area (Å²) in [6, 6.07) is 13.1. The maximum Gasteiger partial charge on any atom is 0.339 e. The third-order valence-corrected chi connectivity index (χ3v) is 3.30. The Labute approximate surface area is 144 Å². The van der Waals surface area contributed by atoms with Crippen molar-refractivity contribution in [2.45, 2.75) is 0 Å². The lowest BCUT2D eigenvalue weighted by atomic mass is 10.2. The van der Waals surface area contributed by atoms with Gasteiger partial charge in [-0.15, -0.1) is 0 Å². The number of amides is 2. The van der Waals surface area contributed by atoms with Gasteiger partial charge in [-0.05, 0) is 36.4 Å². The number of benzene rings is 2. The van der Waals surface area contributed by atoms with Gasteiger partial charge in [0.05, 0.1) is 24.9 Å². The van der Waals surface area contributed by atoms with E-state index in [1.807, 2.05) is 0 Å². The molecular formula is C17H17ClN2O4. The van der Waals surface area contributed by atoms with Crippen LogP contribution < -0.4 is 15.4 Å². The lowest BCUT2D eigenvalue weighted by Gasteiger charge is -2.11. The van der Waals surface area contributed by atoms with Crippen molar-refractivity contribution in [3.8, 4) is 5.75 Å². The van der Waals surface area contributed by atoms with Crippen LogP contribution in [0.3, 0.4) is 0 Å². The van der Waals surface area contributed by atoms with Gasteiger partial charge >= 0.3 is 12.0 Å². The van der Waals surface area contributed by atoms with E-state index in [9.17, 15) is 9.59 Å². The summed E-state index contributed by atoms with van der Waals surface area (Å²) in [4.78, 5) is 23.5. The Bertz CT molecular complexity index is 704. The second-order valence-electron chi connectivity index (χ2n) is 4.72. The molecule has 0 saturated carbocycles. The van der Waals surface area contributed by atoms with Gasteiger partial charge in [-0.2, -0.15) is 0 Å². The molecule has 0 bridgehead atoms. The number of nitrogens with one attached hydrogen (secondary N) is 2. The largest absolute Gasteiger partial charge is 0.492 e. The van der Waals surface area contributed by atoms with Crippen molar-refractivity contribution in [1.29, 1.82) is 0 Å². The first kappa shape index (κ1) is 17.6. The average Bonchev–Trinajstić information content (AvgIpc) is 2.60. The first-order chi connectivity index (χ1) is 11.6. The number of urea groups is 1. The van der Waals surface area contributed by atoms with Gasteiger partial charge in [0.15, 0.2) is 0 Å². The van der Waals surface area contributed by atoms with Gasteiger partial charge in [-0.25, -0.2) is 9.59 Å². The van der Waals surface area contributed by atoms with Crippen LogP contribution in [0, 0.1) is 0 Å². The molecule has 0 unspecified atom stereocenters. The van der Waals surface area contributed by atoms with Crippen molar-refractivity contribution in [3.63, 3.8) is 0 Å². The Kier molecular flexibility index (Phi) is 6.45. The fraction of sp³-hybridized carbons (Fsp3) is 0.176. The van der Waals surface area contributed by atoms with Crippen LogP contribution in [0.15, 0.2) is 48.5 Å². The first-order valence-corrected chi connectivity index (χ1v) is 7.58. The minimum atomic E-state index is -0.517. The molecule has 0 heterocycles. The summed E-state index contributed by atoms with van der Waals surface area (Å²) in [5.74, 6) is 0.148. The second kappa shape index (κ2) is 8.79. The van der Waals surface area contributed by atoms with Crippen molar-refractivity contribution in [2.24, 2.45) is 0 Å². The molecule has 0 aliphatic carbocycles. The Balaban J connectivity index is 1.79. The zero-order chi connectivity index (χ0) is 17.4. The normalized spacial score (nSPS) is 9.92. The third kappa shape index (κ3) is 5.17. The van der Waals surface area contributed by atoms with Gasteiger partial charge in [-0.1, -0.05) is 23.7 Å². The number of halogens is 1. The molecule has 7 heteroatoms. The minimum absolute atomic E-state index is 0.285. The molecule has 0 spiro atoms. The van der Waals surface area contributed by atoms with E-state index in [-0.39, 0.29) is 5.56 Å². The molecular weight excluding hydrogens is 332 g/mol. The van der Waals surface area contributed by atoms with E-state index in [1.165, 1.54) is 7.11 Å². The van der Waals surface area contributed by atoms with Gasteiger partial charge in [0.25, 0.3) is 0 Å². The van der Waals surface area contributed by atoms with Gasteiger partial charge in [0.2, 0.25) is 0 Å². The highest BCUT2D eigenvalue weighted by atomic mass is 35.5. The Morgan fingerprint density at radius 3 is 2.50 bits per heavy atom. The molecule has 2 amide bonds. The second-order valence-corrected chi connectivity index (χ2v) is 5.16. The number of rotatable bonds is 6. The van der Waals surface area contributed by atoms with Crippen molar-refractivity contribution in [1.82, 2.24) is 5.32 Å². The van der Waals surface area contributed by atoms with E-state index < -0.39 is 12.0 Å². The SMILES string of the molecule is COC(=O)c1ccccc1NC(=O)NCCOc1ccc(Cl)cc1. The van der Waals surface area contributed by atoms with Crippen molar-refractivity contribution in [2.75, 3.05) is 25.6 Å². The molecule has 0 atom stereocenters. The minimum Gasteiger partial charge on any atom is -0.492 e. The Morgan fingerprint density at radius 2 is 1.79 bits per heavy atom. The molecule has 2 aromatic carbocycles. The molecule has 0 fully saturated rings. The summed E-state index contributed by atoms with van der Waals surface area (Å²) in [7, 11) is 1.29. The Hall–Kier alpha value is -2.73. The van der Waals surface area contributed by atoms with Crippen LogP contribution in [-0.2, 0) is 4.74 Å². The summed E-state index contributed by atoms with van der Waals surface area (Å²) in [5, 5.41) is 5.88. The quantitative estimate of drug-likeness (QED) is 0.620. The number of ether oxygens (including phenoxy) is 2. The van der Waals surface area contributed by atoms with Gasteiger partial charge < -0.3 is 20.1 Å². The average molecular weight is 349 g/mol. The first-order valence-electron chi connectivity index (χ1n) is 7.20. The number of carbonyl (C=O) groups excluding carboxylic acids is 2. The summed E-state index contributed by atoms with van der Waals surface area (Å²) in [6.07, 6.45) is 0. The summed E-state index contributed by atoms with van der Waals surface area (Å²) < 4.78 is 10.1. The van der Waals surface area contributed by atoms with Gasteiger partial charge in [-0.3, -0.25) is 0 Å². The maximum absolute atomic E-state index is 11.9. The Morgan fingerprint density at radius 1 is 1.08 bits per heavy atom. The van der Waals surface area contributed by atoms with Crippen molar-refractivity contribution < 1.29 is 19.1 Å². The van der Waals surface area contributed by atoms with Crippen LogP contribution in [0.5, 0.6) is 5.75 Å². The monoisotopic (exact) mass is 348 g/mol. The van der Waals surface area contributed by atoms with Crippen LogP contribution in [0.1, 0.15) is 10.4 Å². The molecule has 2 rings (SSSR count). The predicted molar refractivity (Wildman–Crippen MR) is 91.7 cm³/mol. The number of anilines is 1. The molecule has 0 aliphatic rings. The van der Waals surface area contributed by atoms with E-state index >= 15 is 0 Å². The van der Waals surface area contributed by atoms with Crippen LogP contribution >= 0.6 is 11.6 Å². The molecule has 24 heavy (non-hydrogen) atoms. The molecule has 6 nitrogen and oxygen atoms in total. The number of para-hydroxylation sites is 1. The molecule has 126 valence electrons. The van der Waals surface area contributed by atoms with E-state index in [1.54, 1.807) is 48.5 Å². The topological polar surface area (TPSA) is 76.7 Å². The highest BCUT2D eigenvalue weighted by Crippen LogP contribution is 2.16. The smallest absolute Gasteiger partial charge is 0.339 e. The van der Waals surface area contributed by atoms with Crippen molar-refractivity contribution in [3.05, 3.63) is 59.1 Å². The van der Waals surface area contributed by atoms with E-state index in [2.05, 4.69) is 15.4 Å². The summed E-state index contributed by atoms with van der Waals surface area (Å²) in [6.45, 7) is 0.600. The van der Waals surface area contributed by atoms with E-state index in [0.717, 1.165) is 0 Å². The van der Waals surface area contributed by atoms with Crippen LogP contribution in [0.2, 0.25) is 5.02 Å². The highest BCUT2D eigenvalue weighted by molar-refractivity contribution is 6.30. The zero-order valence-corrected chi connectivity index (χ0v) is 13.8. The summed E-state index contributed by atoms with van der Waals surface area (Å²) >= 11 is 5.78. The standard InChI is InChI=1S/C17H17ClN2O4/c1-23-16(21)14-4-2-3-5-15(14)20-17(22)19-10-11-24-13-8-6-12(18)7-9-13/h2-9H,10-11H2,1H3,(H2,19,20,22). The molecule has 2 aromatic rings. The molecule has 2 N–H and O–H groups in total. The lowest BCUT2D eigenvalue weighted by Crippen LogP contribution is -2.32. The van der Waals surface area contributed by atoms with Crippen molar-refractivity contribution >= 4 is 29.3 Å². The third-order valence-electron chi connectivity index (χ3n) is 3.05. The molecule has 0 aromatic heterocycles. The fourth-order valence-corrected chi connectivity index (χ4v) is 2.04. The number of carbonyl (C=O) groups is 2. The number of esters is 1. The predicted octanol–water partition coefficient (Wildman–Crippen LogP) is 3.33. The molecule has 0 radical (unpaired) electrons. The van der Waals surface area contributed by atoms with E-state index in [0.29, 0.717) is 29.6 Å². The fourth-order valence-electron chi connectivity index (χ4n) is 1.91.